The minimum atomic E-state index is -1.21. The van der Waals surface area contributed by atoms with Crippen molar-refractivity contribution in [1.29, 1.82) is 0 Å². The lowest BCUT2D eigenvalue weighted by atomic mass is 9.79. The van der Waals surface area contributed by atoms with Crippen molar-refractivity contribution in [1.82, 2.24) is 15.6 Å². The molecule has 4 rings (SSSR count). The van der Waals surface area contributed by atoms with Gasteiger partial charge in [0.1, 0.15) is 11.9 Å². The number of carbonyl (C=O) groups excluding carboxylic acids is 3. The van der Waals surface area contributed by atoms with E-state index in [1.807, 2.05) is 42.5 Å². The number of carboxylic acids is 1. The summed E-state index contributed by atoms with van der Waals surface area (Å²) in [6.45, 7) is 0.337. The highest BCUT2D eigenvalue weighted by molar-refractivity contribution is 5.99. The number of nitrogens with zero attached hydrogens (tertiary/aromatic N) is 1. The van der Waals surface area contributed by atoms with Gasteiger partial charge in [0.25, 0.3) is 5.89 Å². The second kappa shape index (κ2) is 13.0. The molecule has 200 valence electrons. The van der Waals surface area contributed by atoms with Gasteiger partial charge < -0.3 is 20.2 Å². The van der Waals surface area contributed by atoms with Crippen LogP contribution in [0.15, 0.2) is 59.0 Å². The van der Waals surface area contributed by atoms with Gasteiger partial charge >= 0.3 is 5.97 Å². The molecule has 3 aromatic rings. The third-order valence-electron chi connectivity index (χ3n) is 7.14. The number of Topliss-reactive ketones (excluding diaryl/α,β-unsaturated/α-hetero) is 1. The summed E-state index contributed by atoms with van der Waals surface area (Å²) in [5, 5.41) is 14.4. The SMILES string of the molecule is O=C(O)CC(=O)NCC(C(=O)NCCC(C(=O)c1nc2ccccc2o1)c1ccccc1)C1CCCCC1. The van der Waals surface area contributed by atoms with E-state index in [2.05, 4.69) is 15.6 Å². The molecule has 2 atom stereocenters. The van der Waals surface area contributed by atoms with Gasteiger partial charge in [-0.2, -0.15) is 0 Å². The van der Waals surface area contributed by atoms with Crippen LogP contribution < -0.4 is 10.6 Å². The number of amides is 2. The summed E-state index contributed by atoms with van der Waals surface area (Å²) in [7, 11) is 0. The fourth-order valence-electron chi connectivity index (χ4n) is 5.17. The lowest BCUT2D eigenvalue weighted by molar-refractivity contribution is -0.140. The first-order valence-electron chi connectivity index (χ1n) is 13.1. The van der Waals surface area contributed by atoms with Crippen molar-refractivity contribution in [2.75, 3.05) is 13.1 Å². The predicted octanol–water partition coefficient (Wildman–Crippen LogP) is 4.09. The minimum absolute atomic E-state index is 0.0348. The molecule has 1 aliphatic carbocycles. The first kappa shape index (κ1) is 27.0. The minimum Gasteiger partial charge on any atom is -0.481 e. The maximum Gasteiger partial charge on any atom is 0.312 e. The number of aliphatic carboxylic acids is 1. The van der Waals surface area contributed by atoms with Crippen LogP contribution in [0.25, 0.3) is 11.1 Å². The monoisotopic (exact) mass is 519 g/mol. The molecule has 9 heteroatoms. The largest absolute Gasteiger partial charge is 0.481 e. The zero-order valence-corrected chi connectivity index (χ0v) is 21.2. The van der Waals surface area contributed by atoms with Gasteiger partial charge in [0, 0.05) is 13.1 Å². The molecule has 2 amide bonds. The van der Waals surface area contributed by atoms with E-state index in [1.54, 1.807) is 12.1 Å². The molecule has 1 aliphatic rings. The quantitative estimate of drug-likeness (QED) is 0.242. The Labute approximate surface area is 221 Å². The number of hydrogen-bond acceptors (Lipinski definition) is 6. The number of carboxylic acid groups (broad SMARTS) is 1. The maximum atomic E-state index is 13.5. The lowest BCUT2D eigenvalue weighted by Crippen LogP contribution is -2.43. The molecule has 0 spiro atoms. The van der Waals surface area contributed by atoms with E-state index in [9.17, 15) is 19.2 Å². The van der Waals surface area contributed by atoms with E-state index in [1.165, 1.54) is 0 Å². The Bertz CT molecular complexity index is 1230. The third-order valence-corrected chi connectivity index (χ3v) is 7.14. The second-order valence-corrected chi connectivity index (χ2v) is 9.77. The number of benzene rings is 2. The number of nitrogens with one attached hydrogen (secondary N) is 2. The average molecular weight is 520 g/mol. The number of rotatable bonds is 12. The Morgan fingerprint density at radius 2 is 1.66 bits per heavy atom. The van der Waals surface area contributed by atoms with Crippen molar-refractivity contribution in [2.24, 2.45) is 11.8 Å². The van der Waals surface area contributed by atoms with E-state index < -0.39 is 30.1 Å². The van der Waals surface area contributed by atoms with Gasteiger partial charge in [-0.15, -0.1) is 0 Å². The van der Waals surface area contributed by atoms with Gasteiger partial charge in [-0.1, -0.05) is 61.7 Å². The Hall–Kier alpha value is -4.01. The van der Waals surface area contributed by atoms with Crippen LogP contribution in [-0.2, 0) is 14.4 Å². The Morgan fingerprint density at radius 1 is 0.947 bits per heavy atom. The Morgan fingerprint density at radius 3 is 2.37 bits per heavy atom. The highest BCUT2D eigenvalue weighted by Crippen LogP contribution is 2.30. The van der Waals surface area contributed by atoms with Crippen molar-refractivity contribution in [2.45, 2.75) is 50.9 Å². The van der Waals surface area contributed by atoms with Crippen molar-refractivity contribution < 1.29 is 28.7 Å². The van der Waals surface area contributed by atoms with Crippen molar-refractivity contribution in [3.63, 3.8) is 0 Å². The van der Waals surface area contributed by atoms with Gasteiger partial charge in [0.2, 0.25) is 17.6 Å². The molecular formula is C29H33N3O6. The molecule has 1 aromatic heterocycles. The molecule has 1 fully saturated rings. The Balaban J connectivity index is 1.43. The van der Waals surface area contributed by atoms with E-state index >= 15 is 0 Å². The molecule has 2 aromatic carbocycles. The van der Waals surface area contributed by atoms with Crippen molar-refractivity contribution in [3.05, 3.63) is 66.1 Å². The van der Waals surface area contributed by atoms with Crippen LogP contribution in [0.3, 0.4) is 0 Å². The van der Waals surface area contributed by atoms with Crippen LogP contribution in [0.4, 0.5) is 0 Å². The van der Waals surface area contributed by atoms with E-state index in [-0.39, 0.29) is 36.6 Å². The average Bonchev–Trinajstić information content (AvgIpc) is 3.36. The Kier molecular flexibility index (Phi) is 9.24. The van der Waals surface area contributed by atoms with E-state index in [4.69, 9.17) is 9.52 Å². The van der Waals surface area contributed by atoms with Gasteiger partial charge in [-0.25, -0.2) is 4.98 Å². The molecule has 2 unspecified atom stereocenters. The van der Waals surface area contributed by atoms with Crippen LogP contribution in [0, 0.1) is 11.8 Å². The second-order valence-electron chi connectivity index (χ2n) is 9.77. The summed E-state index contributed by atoms with van der Waals surface area (Å²) in [6, 6.07) is 16.5. The normalized spacial score (nSPS) is 15.5. The zero-order valence-electron chi connectivity index (χ0n) is 21.2. The molecule has 1 heterocycles. The summed E-state index contributed by atoms with van der Waals surface area (Å²) in [6.07, 6.45) is 4.64. The molecule has 0 bridgehead atoms. The summed E-state index contributed by atoms with van der Waals surface area (Å²) in [5.74, 6) is -3.16. The lowest BCUT2D eigenvalue weighted by Gasteiger charge is -2.29. The standard InChI is InChI=1S/C29H33N3O6/c33-25(17-26(34)35)31-18-22(20-11-5-2-6-12-20)28(37)30-16-15-21(19-9-3-1-4-10-19)27(36)29-32-23-13-7-8-14-24(23)38-29/h1,3-4,7-10,13-14,20-22H,2,5-6,11-12,15-18H2,(H,30,37)(H,31,33)(H,34,35). The summed E-state index contributed by atoms with van der Waals surface area (Å²) >= 11 is 0. The molecule has 38 heavy (non-hydrogen) atoms. The van der Waals surface area contributed by atoms with Crippen LogP contribution in [0.5, 0.6) is 0 Å². The first-order chi connectivity index (χ1) is 18.4. The van der Waals surface area contributed by atoms with E-state index in [0.29, 0.717) is 17.5 Å². The zero-order chi connectivity index (χ0) is 26.9. The fraction of sp³-hybridized carbons (Fsp3) is 0.414. The van der Waals surface area contributed by atoms with Crippen LogP contribution >= 0.6 is 0 Å². The fourth-order valence-corrected chi connectivity index (χ4v) is 5.17. The molecule has 3 N–H and O–H groups in total. The topological polar surface area (TPSA) is 139 Å². The number of fused-ring (bicyclic) bond motifs is 1. The summed E-state index contributed by atoms with van der Waals surface area (Å²) < 4.78 is 5.73. The van der Waals surface area contributed by atoms with Gasteiger partial charge in [0.05, 0.1) is 11.8 Å². The number of hydrogen-bond donors (Lipinski definition) is 3. The molecular weight excluding hydrogens is 486 g/mol. The number of para-hydroxylation sites is 2. The number of ketones is 1. The first-order valence-corrected chi connectivity index (χ1v) is 13.1. The molecule has 0 saturated heterocycles. The van der Waals surface area contributed by atoms with Crippen LogP contribution in [-0.4, -0.2) is 46.7 Å². The highest BCUT2D eigenvalue weighted by atomic mass is 16.4. The number of oxazole rings is 1. The summed E-state index contributed by atoms with van der Waals surface area (Å²) in [4.78, 5) is 53.9. The highest BCUT2D eigenvalue weighted by Gasteiger charge is 2.31. The molecule has 0 radical (unpaired) electrons. The van der Waals surface area contributed by atoms with Crippen molar-refractivity contribution in [3.8, 4) is 0 Å². The summed E-state index contributed by atoms with van der Waals surface area (Å²) in [5.41, 5.74) is 1.95. The number of carbonyl (C=O) groups is 4. The van der Waals surface area contributed by atoms with Crippen molar-refractivity contribution >= 4 is 34.7 Å². The molecule has 0 aliphatic heterocycles. The third kappa shape index (κ3) is 7.06. The molecule has 1 saturated carbocycles. The van der Waals surface area contributed by atoms with E-state index in [0.717, 1.165) is 37.7 Å². The van der Waals surface area contributed by atoms with Gasteiger partial charge in [-0.05, 0) is 42.9 Å². The van der Waals surface area contributed by atoms with Gasteiger partial charge in [-0.3, -0.25) is 19.2 Å². The van der Waals surface area contributed by atoms with Crippen LogP contribution in [0.2, 0.25) is 0 Å². The molecule has 9 nitrogen and oxygen atoms in total. The maximum absolute atomic E-state index is 13.5. The van der Waals surface area contributed by atoms with Crippen LogP contribution in [0.1, 0.15) is 67.1 Å². The van der Waals surface area contributed by atoms with Gasteiger partial charge in [0.15, 0.2) is 5.58 Å². The predicted molar refractivity (Wildman–Crippen MR) is 140 cm³/mol. The number of aromatic nitrogens is 1. The smallest absolute Gasteiger partial charge is 0.312 e.